The molecule has 0 aliphatic heterocycles. The molecule has 1 amide bonds. The molecule has 1 aromatic rings. The predicted molar refractivity (Wildman–Crippen MR) is 63.9 cm³/mol. The van der Waals surface area contributed by atoms with E-state index >= 15 is 0 Å². The summed E-state index contributed by atoms with van der Waals surface area (Å²) in [7, 11) is 0. The third kappa shape index (κ3) is 2.58. The molecule has 0 bridgehead atoms. The number of hydrogen-bond acceptors (Lipinski definition) is 3. The van der Waals surface area contributed by atoms with E-state index in [1.165, 1.54) is 6.07 Å². The van der Waals surface area contributed by atoms with E-state index in [0.717, 1.165) is 18.4 Å². The molecule has 0 radical (unpaired) electrons. The topological polar surface area (TPSA) is 69.6 Å². The Labute approximate surface area is 100 Å². The lowest BCUT2D eigenvalue weighted by Gasteiger charge is -2.13. The average Bonchev–Trinajstić information content (AvgIpc) is 3.07. The standard InChI is InChI=1S/C13H17NO3/c1-9-6-10(16)2-3-11(9)12(17)14-7-13(8-15)4-5-13/h2-3,6,15-16H,4-5,7-8H2,1H3,(H,14,17). The Morgan fingerprint density at radius 2 is 2.18 bits per heavy atom. The van der Waals surface area contributed by atoms with Crippen molar-refractivity contribution in [2.24, 2.45) is 5.41 Å². The Morgan fingerprint density at radius 1 is 1.47 bits per heavy atom. The first-order valence-electron chi connectivity index (χ1n) is 5.75. The van der Waals surface area contributed by atoms with Crippen molar-refractivity contribution in [1.29, 1.82) is 0 Å². The minimum Gasteiger partial charge on any atom is -0.508 e. The molecule has 3 N–H and O–H groups in total. The molecule has 2 rings (SSSR count). The van der Waals surface area contributed by atoms with Crippen LogP contribution >= 0.6 is 0 Å². The number of carbonyl (C=O) groups excluding carboxylic acids is 1. The van der Waals surface area contributed by atoms with Gasteiger partial charge in [0.05, 0.1) is 6.61 Å². The van der Waals surface area contributed by atoms with Gasteiger partial charge in [-0.3, -0.25) is 4.79 Å². The second kappa shape index (κ2) is 4.37. The van der Waals surface area contributed by atoms with Gasteiger partial charge in [0.25, 0.3) is 5.91 Å². The molecule has 0 saturated heterocycles. The lowest BCUT2D eigenvalue weighted by molar-refractivity contribution is 0.0934. The highest BCUT2D eigenvalue weighted by Crippen LogP contribution is 2.44. The van der Waals surface area contributed by atoms with E-state index in [-0.39, 0.29) is 23.7 Å². The van der Waals surface area contributed by atoms with E-state index in [1.54, 1.807) is 19.1 Å². The van der Waals surface area contributed by atoms with Crippen molar-refractivity contribution in [3.63, 3.8) is 0 Å². The van der Waals surface area contributed by atoms with Gasteiger partial charge in [-0.15, -0.1) is 0 Å². The van der Waals surface area contributed by atoms with E-state index in [2.05, 4.69) is 5.32 Å². The van der Waals surface area contributed by atoms with Crippen LogP contribution in [0.1, 0.15) is 28.8 Å². The summed E-state index contributed by atoms with van der Waals surface area (Å²) in [6.07, 6.45) is 1.94. The zero-order valence-corrected chi connectivity index (χ0v) is 9.86. The van der Waals surface area contributed by atoms with E-state index in [0.29, 0.717) is 12.1 Å². The van der Waals surface area contributed by atoms with Crippen LogP contribution < -0.4 is 5.32 Å². The number of phenols is 1. The monoisotopic (exact) mass is 235 g/mol. The first-order chi connectivity index (χ1) is 8.06. The molecule has 1 fully saturated rings. The molecule has 1 saturated carbocycles. The fraction of sp³-hybridized carbons (Fsp3) is 0.462. The lowest BCUT2D eigenvalue weighted by Crippen LogP contribution is -2.32. The summed E-state index contributed by atoms with van der Waals surface area (Å²) in [4.78, 5) is 11.9. The van der Waals surface area contributed by atoms with Crippen LogP contribution in [0.15, 0.2) is 18.2 Å². The number of aliphatic hydroxyl groups is 1. The highest BCUT2D eigenvalue weighted by atomic mass is 16.3. The Balaban J connectivity index is 2.00. The normalized spacial score (nSPS) is 16.6. The summed E-state index contributed by atoms with van der Waals surface area (Å²) in [5, 5.41) is 21.2. The van der Waals surface area contributed by atoms with E-state index in [9.17, 15) is 9.90 Å². The third-order valence-electron chi connectivity index (χ3n) is 3.37. The maximum atomic E-state index is 11.9. The molecule has 1 aromatic carbocycles. The molecule has 0 heterocycles. The summed E-state index contributed by atoms with van der Waals surface area (Å²) in [6.45, 7) is 2.43. The molecule has 92 valence electrons. The molecule has 0 aromatic heterocycles. The van der Waals surface area contributed by atoms with E-state index < -0.39 is 0 Å². The van der Waals surface area contributed by atoms with Crippen molar-refractivity contribution in [2.45, 2.75) is 19.8 Å². The van der Waals surface area contributed by atoms with Crippen LogP contribution in [0.5, 0.6) is 5.75 Å². The molecule has 1 aliphatic carbocycles. The van der Waals surface area contributed by atoms with Gasteiger partial charge in [0, 0.05) is 17.5 Å². The number of nitrogens with one attached hydrogen (secondary N) is 1. The molecule has 0 atom stereocenters. The Morgan fingerprint density at radius 3 is 2.71 bits per heavy atom. The van der Waals surface area contributed by atoms with Crippen LogP contribution in [0.3, 0.4) is 0 Å². The largest absolute Gasteiger partial charge is 0.508 e. The van der Waals surface area contributed by atoms with Gasteiger partial charge in [0.1, 0.15) is 5.75 Å². The van der Waals surface area contributed by atoms with Crippen molar-refractivity contribution in [3.8, 4) is 5.75 Å². The van der Waals surface area contributed by atoms with Gasteiger partial charge in [-0.1, -0.05) is 0 Å². The zero-order chi connectivity index (χ0) is 12.5. The number of aromatic hydroxyl groups is 1. The Bertz CT molecular complexity index is 438. The first-order valence-corrected chi connectivity index (χ1v) is 5.75. The van der Waals surface area contributed by atoms with Crippen molar-refractivity contribution in [3.05, 3.63) is 29.3 Å². The Hall–Kier alpha value is -1.55. The van der Waals surface area contributed by atoms with Crippen molar-refractivity contribution < 1.29 is 15.0 Å². The van der Waals surface area contributed by atoms with Crippen LogP contribution in [0.2, 0.25) is 0 Å². The molecular formula is C13H17NO3. The fourth-order valence-corrected chi connectivity index (χ4v) is 1.83. The minimum absolute atomic E-state index is 0.0829. The number of aryl methyl sites for hydroxylation is 1. The van der Waals surface area contributed by atoms with Gasteiger partial charge in [0.2, 0.25) is 0 Å². The Kier molecular flexibility index (Phi) is 3.07. The number of amides is 1. The van der Waals surface area contributed by atoms with Gasteiger partial charge in [-0.25, -0.2) is 0 Å². The fourth-order valence-electron chi connectivity index (χ4n) is 1.83. The summed E-state index contributed by atoms with van der Waals surface area (Å²) < 4.78 is 0. The van der Waals surface area contributed by atoms with Crippen LogP contribution in [-0.2, 0) is 0 Å². The van der Waals surface area contributed by atoms with Crippen LogP contribution in [0.25, 0.3) is 0 Å². The average molecular weight is 235 g/mol. The van der Waals surface area contributed by atoms with Crippen molar-refractivity contribution in [2.75, 3.05) is 13.2 Å². The predicted octanol–water partition coefficient (Wildman–Crippen LogP) is 1.20. The molecule has 17 heavy (non-hydrogen) atoms. The third-order valence-corrected chi connectivity index (χ3v) is 3.37. The number of hydrogen-bond donors (Lipinski definition) is 3. The number of aliphatic hydroxyl groups excluding tert-OH is 1. The SMILES string of the molecule is Cc1cc(O)ccc1C(=O)NCC1(CO)CC1. The van der Waals surface area contributed by atoms with Gasteiger partial charge in [0.15, 0.2) is 0 Å². The van der Waals surface area contributed by atoms with Crippen molar-refractivity contribution in [1.82, 2.24) is 5.32 Å². The van der Waals surface area contributed by atoms with Crippen LogP contribution in [-0.4, -0.2) is 29.3 Å². The summed E-state index contributed by atoms with van der Waals surface area (Å²) in [6, 6.07) is 4.67. The second-order valence-corrected chi connectivity index (χ2v) is 4.84. The summed E-state index contributed by atoms with van der Waals surface area (Å²) in [5.74, 6) is 0.00953. The number of rotatable bonds is 4. The first kappa shape index (κ1) is 11.9. The number of carbonyl (C=O) groups is 1. The van der Waals surface area contributed by atoms with Crippen LogP contribution in [0.4, 0.5) is 0 Å². The van der Waals surface area contributed by atoms with Gasteiger partial charge < -0.3 is 15.5 Å². The molecule has 1 aliphatic rings. The van der Waals surface area contributed by atoms with Crippen LogP contribution in [0, 0.1) is 12.3 Å². The van der Waals surface area contributed by atoms with E-state index in [1.807, 2.05) is 0 Å². The number of phenolic OH excluding ortho intramolecular Hbond substituents is 1. The minimum atomic E-state index is -0.151. The molecular weight excluding hydrogens is 218 g/mol. The van der Waals surface area contributed by atoms with Gasteiger partial charge >= 0.3 is 0 Å². The molecule has 0 unspecified atom stereocenters. The second-order valence-electron chi connectivity index (χ2n) is 4.84. The smallest absolute Gasteiger partial charge is 0.251 e. The summed E-state index contributed by atoms with van der Waals surface area (Å²) >= 11 is 0. The summed E-state index contributed by atoms with van der Waals surface area (Å²) in [5.41, 5.74) is 1.23. The quantitative estimate of drug-likeness (QED) is 0.734. The zero-order valence-electron chi connectivity index (χ0n) is 9.86. The van der Waals surface area contributed by atoms with Gasteiger partial charge in [-0.05, 0) is 43.5 Å². The molecule has 0 spiro atoms. The maximum Gasteiger partial charge on any atom is 0.251 e. The molecule has 4 heteroatoms. The highest BCUT2D eigenvalue weighted by molar-refractivity contribution is 5.95. The maximum absolute atomic E-state index is 11.9. The van der Waals surface area contributed by atoms with Crippen molar-refractivity contribution >= 4 is 5.91 Å². The van der Waals surface area contributed by atoms with Gasteiger partial charge in [-0.2, -0.15) is 0 Å². The van der Waals surface area contributed by atoms with E-state index in [4.69, 9.17) is 5.11 Å². The number of benzene rings is 1. The lowest BCUT2D eigenvalue weighted by atomic mass is 10.1. The molecule has 4 nitrogen and oxygen atoms in total. The highest BCUT2D eigenvalue weighted by Gasteiger charge is 2.42.